The molecule has 61 heavy (non-hydrogen) atoms. The smallest absolute Gasteiger partial charge is 0.306 e. The lowest BCUT2D eigenvalue weighted by atomic mass is 10.1. The predicted molar refractivity (Wildman–Crippen MR) is 260 cm³/mol. The third-order valence-electron chi connectivity index (χ3n) is 8.83. The molecule has 0 bridgehead atoms. The van der Waals surface area contributed by atoms with E-state index in [2.05, 4.69) is 75.5 Å². The summed E-state index contributed by atoms with van der Waals surface area (Å²) in [5.74, 6) is -1.05. The average molecular weight is 837 g/mol. The molecule has 6 nitrogen and oxygen atoms in total. The molecule has 0 aliphatic carbocycles. The minimum absolute atomic E-state index is 0.129. The molecule has 1 atom stereocenters. The Morgan fingerprint density at radius 3 is 0.934 bits per heavy atom. The molecule has 6 heteroatoms. The first-order valence-electron chi connectivity index (χ1n) is 23.2. The molecular weight excluding hydrogens is 757 g/mol. The summed E-state index contributed by atoms with van der Waals surface area (Å²) < 4.78 is 16.6. The van der Waals surface area contributed by atoms with Crippen LogP contribution < -0.4 is 0 Å². The van der Waals surface area contributed by atoms with Gasteiger partial charge in [-0.25, -0.2) is 0 Å². The van der Waals surface area contributed by atoms with Gasteiger partial charge in [0.2, 0.25) is 0 Å². The van der Waals surface area contributed by atoms with Gasteiger partial charge in [0.05, 0.1) is 0 Å². The molecule has 0 aromatic heterocycles. The molecule has 0 radical (unpaired) electrons. The first-order chi connectivity index (χ1) is 30.0. The molecule has 336 valence electrons. The quantitative estimate of drug-likeness (QED) is 0.0267. The maximum absolute atomic E-state index is 12.7. The normalized spacial score (nSPS) is 13.6. The van der Waals surface area contributed by atoms with Crippen LogP contribution in [0.3, 0.4) is 0 Å². The molecule has 0 aromatic carbocycles. The molecule has 0 N–H and O–H groups in total. The number of carbonyl (C=O) groups is 3. The molecule has 0 heterocycles. The molecule has 1 unspecified atom stereocenters. The van der Waals surface area contributed by atoms with Crippen LogP contribution in [0.15, 0.2) is 158 Å². The number of carbonyl (C=O) groups excluding carboxylic acids is 3. The van der Waals surface area contributed by atoms with E-state index in [0.29, 0.717) is 19.3 Å². The third-order valence-corrected chi connectivity index (χ3v) is 8.83. The van der Waals surface area contributed by atoms with Crippen molar-refractivity contribution in [3.8, 4) is 0 Å². The summed E-state index contributed by atoms with van der Waals surface area (Å²) in [7, 11) is 0. The molecule has 0 saturated heterocycles. The lowest BCUT2D eigenvalue weighted by molar-refractivity contribution is -0.167. The van der Waals surface area contributed by atoms with Gasteiger partial charge in [-0.1, -0.05) is 211 Å². The van der Waals surface area contributed by atoms with E-state index in [9.17, 15) is 14.4 Å². The molecule has 0 rings (SSSR count). The summed E-state index contributed by atoms with van der Waals surface area (Å²) in [6.45, 7) is 6.08. The van der Waals surface area contributed by atoms with Gasteiger partial charge >= 0.3 is 17.9 Å². The summed E-state index contributed by atoms with van der Waals surface area (Å²) in [6.07, 6.45) is 69.3. The van der Waals surface area contributed by atoms with Crippen LogP contribution >= 0.6 is 0 Å². The van der Waals surface area contributed by atoms with E-state index in [1.807, 2.05) is 103 Å². The summed E-state index contributed by atoms with van der Waals surface area (Å²) in [5, 5.41) is 0. The molecule has 0 saturated carbocycles. The van der Waals surface area contributed by atoms with E-state index in [4.69, 9.17) is 14.2 Å². The third kappa shape index (κ3) is 46.0. The van der Waals surface area contributed by atoms with Gasteiger partial charge in [0.15, 0.2) is 6.10 Å². The van der Waals surface area contributed by atoms with Crippen molar-refractivity contribution in [2.45, 2.75) is 155 Å². The number of esters is 3. The van der Waals surface area contributed by atoms with Crippen molar-refractivity contribution in [2.24, 2.45) is 0 Å². The van der Waals surface area contributed by atoms with Gasteiger partial charge in [-0.3, -0.25) is 14.4 Å². The van der Waals surface area contributed by atoms with Crippen LogP contribution in [-0.2, 0) is 28.6 Å². The highest BCUT2D eigenvalue weighted by Gasteiger charge is 2.19. The minimum Gasteiger partial charge on any atom is -0.462 e. The fourth-order valence-electron chi connectivity index (χ4n) is 5.42. The van der Waals surface area contributed by atoms with Crippen LogP contribution in [0.1, 0.15) is 149 Å². The lowest BCUT2D eigenvalue weighted by Crippen LogP contribution is -2.30. The van der Waals surface area contributed by atoms with E-state index >= 15 is 0 Å². The Morgan fingerprint density at radius 2 is 0.590 bits per heavy atom. The van der Waals surface area contributed by atoms with Crippen LogP contribution in [0.5, 0.6) is 0 Å². The molecule has 0 amide bonds. The van der Waals surface area contributed by atoms with E-state index in [0.717, 1.165) is 96.3 Å². The number of hydrogen-bond acceptors (Lipinski definition) is 6. The van der Waals surface area contributed by atoms with E-state index in [1.165, 1.54) is 0 Å². The zero-order chi connectivity index (χ0) is 44.4. The average Bonchev–Trinajstić information content (AvgIpc) is 3.26. The van der Waals surface area contributed by atoms with Crippen molar-refractivity contribution in [3.05, 3.63) is 158 Å². The van der Waals surface area contributed by atoms with Crippen LogP contribution in [0, 0.1) is 0 Å². The molecule has 0 aliphatic rings. The first kappa shape index (κ1) is 56.0. The zero-order valence-corrected chi connectivity index (χ0v) is 38.1. The highest BCUT2D eigenvalue weighted by molar-refractivity contribution is 5.71. The number of unbranched alkanes of at least 4 members (excludes halogenated alkanes) is 11. The largest absolute Gasteiger partial charge is 0.462 e. The highest BCUT2D eigenvalue weighted by Crippen LogP contribution is 2.11. The summed E-state index contributed by atoms with van der Waals surface area (Å²) >= 11 is 0. The minimum atomic E-state index is -0.833. The van der Waals surface area contributed by atoms with Crippen LogP contribution in [0.25, 0.3) is 0 Å². The van der Waals surface area contributed by atoms with Gasteiger partial charge in [0, 0.05) is 19.3 Å². The van der Waals surface area contributed by atoms with Gasteiger partial charge in [0.25, 0.3) is 0 Å². The van der Waals surface area contributed by atoms with Crippen LogP contribution in [0.2, 0.25) is 0 Å². The Hall–Kier alpha value is -4.97. The summed E-state index contributed by atoms with van der Waals surface area (Å²) in [6, 6.07) is 0. The van der Waals surface area contributed by atoms with Gasteiger partial charge < -0.3 is 14.2 Å². The van der Waals surface area contributed by atoms with Crippen molar-refractivity contribution in [2.75, 3.05) is 13.2 Å². The predicted octanol–water partition coefficient (Wildman–Crippen LogP) is 15.1. The van der Waals surface area contributed by atoms with Crippen LogP contribution in [-0.4, -0.2) is 37.2 Å². The second-order valence-electron chi connectivity index (χ2n) is 14.5. The molecule has 0 aliphatic heterocycles. The first-order valence-corrected chi connectivity index (χ1v) is 23.2. The molecule has 0 spiro atoms. The highest BCUT2D eigenvalue weighted by atomic mass is 16.6. The second kappa shape index (κ2) is 47.7. The van der Waals surface area contributed by atoms with E-state index in [1.54, 1.807) is 0 Å². The molecular formula is C55H80O6. The Morgan fingerprint density at radius 1 is 0.328 bits per heavy atom. The number of hydrogen-bond donors (Lipinski definition) is 0. The summed E-state index contributed by atoms with van der Waals surface area (Å²) in [5.41, 5.74) is 0. The van der Waals surface area contributed by atoms with Gasteiger partial charge in [-0.05, 0) is 77.0 Å². The van der Waals surface area contributed by atoms with Crippen LogP contribution in [0.4, 0.5) is 0 Å². The zero-order valence-electron chi connectivity index (χ0n) is 38.1. The van der Waals surface area contributed by atoms with Gasteiger partial charge in [-0.15, -0.1) is 0 Å². The Labute approximate surface area is 371 Å². The van der Waals surface area contributed by atoms with Crippen molar-refractivity contribution >= 4 is 17.9 Å². The van der Waals surface area contributed by atoms with E-state index < -0.39 is 6.10 Å². The van der Waals surface area contributed by atoms with E-state index in [-0.39, 0.29) is 44.0 Å². The van der Waals surface area contributed by atoms with Gasteiger partial charge in [0.1, 0.15) is 13.2 Å². The summed E-state index contributed by atoms with van der Waals surface area (Å²) in [4.78, 5) is 37.8. The standard InChI is InChI=1S/C55H80O6/c1-4-7-10-13-16-19-22-25-27-30-33-36-39-42-45-48-54(57)60-51-52(50-59-53(56)47-44-41-38-35-32-29-24-21-18-15-12-9-6-3)61-55(58)49-46-43-40-37-34-31-28-26-23-20-17-14-11-8-5-2/h7-28,30-31,33-34,52H,4-6,29,32,35-51H2,1-3H3/b10-7-,11-8-,12-9-,16-13-,17-14-,18-15-,22-19-,23-20-,24-21-,27-25-,28-26-,33-30-,34-31-. The van der Waals surface area contributed by atoms with Gasteiger partial charge in [-0.2, -0.15) is 0 Å². The Kier molecular flexibility index (Phi) is 43.8. The van der Waals surface area contributed by atoms with Crippen molar-refractivity contribution in [1.29, 1.82) is 0 Å². The maximum Gasteiger partial charge on any atom is 0.306 e. The van der Waals surface area contributed by atoms with Crippen molar-refractivity contribution in [1.82, 2.24) is 0 Å². The van der Waals surface area contributed by atoms with Crippen molar-refractivity contribution in [3.63, 3.8) is 0 Å². The fourth-order valence-corrected chi connectivity index (χ4v) is 5.42. The van der Waals surface area contributed by atoms with Crippen molar-refractivity contribution < 1.29 is 28.6 Å². The number of rotatable bonds is 38. The Balaban J connectivity index is 4.64. The number of allylic oxidation sites excluding steroid dienone is 26. The topological polar surface area (TPSA) is 78.9 Å². The maximum atomic E-state index is 12.7. The molecule has 0 aromatic rings. The SMILES string of the molecule is CC\C=C/C=C\C=C/C=C\C=C/CCCCCC(=O)OCC(COC(=O)CCCCCCC\C=C/C=C\C=C/CC)OC(=O)CCCCC\C=C/C=C\C=C/C=C\C=C/CC. The lowest BCUT2D eigenvalue weighted by Gasteiger charge is -2.18. The number of ether oxygens (including phenoxy) is 3. The second-order valence-corrected chi connectivity index (χ2v) is 14.5. The molecule has 0 fully saturated rings. The monoisotopic (exact) mass is 837 g/mol. The Bertz CT molecular complexity index is 1470. The fraction of sp³-hybridized carbons (Fsp3) is 0.473.